The second kappa shape index (κ2) is 10.7. The van der Waals surface area contributed by atoms with Crippen molar-refractivity contribution in [3.63, 3.8) is 0 Å². The number of nitrogens with one attached hydrogen (secondary N) is 1. The number of amides is 3. The van der Waals surface area contributed by atoms with Gasteiger partial charge in [0.1, 0.15) is 0 Å². The summed E-state index contributed by atoms with van der Waals surface area (Å²) >= 11 is 1.29. The maximum atomic E-state index is 12.9. The number of benzene rings is 3. The molecule has 1 atom stereocenters. The van der Waals surface area contributed by atoms with Crippen molar-refractivity contribution >= 4 is 52.5 Å². The van der Waals surface area contributed by atoms with E-state index in [2.05, 4.69) is 5.32 Å². The molecular formula is C27H25N3O5S. The van der Waals surface area contributed by atoms with Crippen LogP contribution in [0.25, 0.3) is 0 Å². The van der Waals surface area contributed by atoms with Crippen molar-refractivity contribution < 1.29 is 23.9 Å². The number of aryl methyl sites for hydroxylation is 2. The van der Waals surface area contributed by atoms with E-state index in [1.165, 1.54) is 36.0 Å². The molecule has 0 bridgehead atoms. The number of carbonyl (C=O) groups is 4. The molecule has 0 aromatic heterocycles. The molecule has 3 aromatic carbocycles. The third-order valence-electron chi connectivity index (χ3n) is 5.68. The van der Waals surface area contributed by atoms with Crippen molar-refractivity contribution in [1.82, 2.24) is 0 Å². The normalized spacial score (nSPS) is 15.2. The maximum absolute atomic E-state index is 12.9. The van der Waals surface area contributed by atoms with E-state index in [4.69, 9.17) is 10.5 Å². The van der Waals surface area contributed by atoms with Crippen LogP contribution in [0.4, 0.5) is 17.1 Å². The van der Waals surface area contributed by atoms with Crippen LogP contribution in [-0.4, -0.2) is 35.5 Å². The third kappa shape index (κ3) is 5.58. The fourth-order valence-corrected chi connectivity index (χ4v) is 4.99. The van der Waals surface area contributed by atoms with Gasteiger partial charge in [-0.05, 0) is 67.4 Å². The van der Waals surface area contributed by atoms with Gasteiger partial charge in [0.25, 0.3) is 5.91 Å². The van der Waals surface area contributed by atoms with Crippen LogP contribution in [0, 0.1) is 13.8 Å². The Morgan fingerprint density at radius 2 is 1.69 bits per heavy atom. The molecule has 0 radical (unpaired) electrons. The van der Waals surface area contributed by atoms with Crippen molar-refractivity contribution in [3.8, 4) is 0 Å². The Balaban J connectivity index is 1.35. The lowest BCUT2D eigenvalue weighted by Crippen LogP contribution is -2.31. The molecule has 9 heteroatoms. The van der Waals surface area contributed by atoms with E-state index < -0.39 is 23.7 Å². The van der Waals surface area contributed by atoms with E-state index in [1.54, 1.807) is 18.2 Å². The number of para-hydroxylation sites is 1. The molecule has 1 aliphatic heterocycles. The average molecular weight is 504 g/mol. The summed E-state index contributed by atoms with van der Waals surface area (Å²) in [5.41, 5.74) is 9.45. The zero-order valence-electron chi connectivity index (χ0n) is 19.8. The second-order valence-electron chi connectivity index (χ2n) is 8.39. The Kier molecular flexibility index (Phi) is 7.40. The van der Waals surface area contributed by atoms with Gasteiger partial charge in [0.05, 0.1) is 16.5 Å². The minimum atomic E-state index is -0.688. The van der Waals surface area contributed by atoms with Crippen LogP contribution in [0.1, 0.15) is 27.9 Å². The lowest BCUT2D eigenvalue weighted by Gasteiger charge is -2.15. The van der Waals surface area contributed by atoms with Gasteiger partial charge in [0, 0.05) is 22.7 Å². The SMILES string of the molecule is Cc1cccc(C)c1NC(=O)COC(=O)c1ccc(N2C(=O)CC(Sc3cccc(N)c3)C2=O)cc1. The Morgan fingerprint density at radius 1 is 1.03 bits per heavy atom. The molecule has 4 rings (SSSR count). The zero-order valence-corrected chi connectivity index (χ0v) is 20.6. The minimum Gasteiger partial charge on any atom is -0.452 e. The number of esters is 1. The Hall–Kier alpha value is -4.11. The van der Waals surface area contributed by atoms with E-state index in [-0.39, 0.29) is 23.8 Å². The van der Waals surface area contributed by atoms with Crippen LogP contribution in [0.15, 0.2) is 71.6 Å². The van der Waals surface area contributed by atoms with Gasteiger partial charge in [-0.25, -0.2) is 9.69 Å². The number of nitrogen functional groups attached to an aromatic ring is 1. The zero-order chi connectivity index (χ0) is 25.8. The summed E-state index contributed by atoms with van der Waals surface area (Å²) in [7, 11) is 0. The molecule has 3 aromatic rings. The molecule has 0 aliphatic carbocycles. The molecule has 0 spiro atoms. The van der Waals surface area contributed by atoms with Gasteiger partial charge in [-0.3, -0.25) is 14.4 Å². The van der Waals surface area contributed by atoms with Gasteiger partial charge in [-0.2, -0.15) is 0 Å². The first-order valence-corrected chi connectivity index (χ1v) is 12.1. The molecule has 36 heavy (non-hydrogen) atoms. The number of nitrogens with zero attached hydrogens (tertiary/aromatic N) is 1. The smallest absolute Gasteiger partial charge is 0.338 e. The summed E-state index contributed by atoms with van der Waals surface area (Å²) in [5, 5.41) is 2.20. The molecule has 3 N–H and O–H groups in total. The first kappa shape index (κ1) is 25.0. The first-order chi connectivity index (χ1) is 17.2. The third-order valence-corrected chi connectivity index (χ3v) is 6.86. The summed E-state index contributed by atoms with van der Waals surface area (Å²) < 4.78 is 5.13. The molecule has 1 heterocycles. The molecule has 1 aliphatic rings. The van der Waals surface area contributed by atoms with E-state index in [1.807, 2.05) is 38.1 Å². The van der Waals surface area contributed by atoms with Crippen molar-refractivity contribution in [2.24, 2.45) is 0 Å². The van der Waals surface area contributed by atoms with Gasteiger partial charge < -0.3 is 15.8 Å². The van der Waals surface area contributed by atoms with Crippen LogP contribution < -0.4 is 16.0 Å². The van der Waals surface area contributed by atoms with Crippen molar-refractivity contribution in [2.45, 2.75) is 30.4 Å². The predicted octanol–water partition coefficient (Wildman–Crippen LogP) is 4.11. The van der Waals surface area contributed by atoms with Crippen molar-refractivity contribution in [2.75, 3.05) is 22.6 Å². The van der Waals surface area contributed by atoms with Crippen LogP contribution >= 0.6 is 11.8 Å². The summed E-state index contributed by atoms with van der Waals surface area (Å²) in [6, 6.07) is 18.7. The largest absolute Gasteiger partial charge is 0.452 e. The Labute approximate surface area is 212 Å². The number of anilines is 3. The van der Waals surface area contributed by atoms with Gasteiger partial charge in [0.15, 0.2) is 6.61 Å². The van der Waals surface area contributed by atoms with Crippen molar-refractivity contribution in [3.05, 3.63) is 83.4 Å². The highest BCUT2D eigenvalue weighted by Crippen LogP contribution is 2.34. The highest BCUT2D eigenvalue weighted by molar-refractivity contribution is 8.00. The standard InChI is InChI=1S/C27H25N3O5S/c1-16-5-3-6-17(2)25(16)29-23(31)15-35-27(34)18-9-11-20(12-10-18)30-24(32)14-22(26(30)33)36-21-8-4-7-19(28)13-21/h3-13,22H,14-15,28H2,1-2H3,(H,29,31). The molecule has 1 saturated heterocycles. The lowest BCUT2D eigenvalue weighted by atomic mass is 10.1. The predicted molar refractivity (Wildman–Crippen MR) is 139 cm³/mol. The number of imide groups is 1. The van der Waals surface area contributed by atoms with Crippen molar-refractivity contribution in [1.29, 1.82) is 0 Å². The Morgan fingerprint density at radius 3 is 2.36 bits per heavy atom. The number of carbonyl (C=O) groups excluding carboxylic acids is 4. The van der Waals surface area contributed by atoms with Crippen LogP contribution in [0.2, 0.25) is 0 Å². The number of hydrogen-bond donors (Lipinski definition) is 2. The molecule has 184 valence electrons. The van der Waals surface area contributed by atoms with Crippen LogP contribution in [0.5, 0.6) is 0 Å². The van der Waals surface area contributed by atoms with E-state index in [9.17, 15) is 19.2 Å². The van der Waals surface area contributed by atoms with Gasteiger partial charge >= 0.3 is 5.97 Å². The molecular weight excluding hydrogens is 478 g/mol. The van der Waals surface area contributed by atoms with Crippen LogP contribution in [-0.2, 0) is 19.1 Å². The molecule has 3 amide bonds. The van der Waals surface area contributed by atoms with E-state index in [0.717, 1.165) is 20.9 Å². The Bertz CT molecular complexity index is 1320. The van der Waals surface area contributed by atoms with E-state index in [0.29, 0.717) is 17.1 Å². The first-order valence-electron chi connectivity index (χ1n) is 11.2. The molecule has 8 nitrogen and oxygen atoms in total. The quantitative estimate of drug-likeness (QED) is 0.283. The van der Waals surface area contributed by atoms with Crippen LogP contribution in [0.3, 0.4) is 0 Å². The fraction of sp³-hybridized carbons (Fsp3) is 0.185. The van der Waals surface area contributed by atoms with E-state index >= 15 is 0 Å². The monoisotopic (exact) mass is 503 g/mol. The molecule has 0 saturated carbocycles. The topological polar surface area (TPSA) is 119 Å². The summed E-state index contributed by atoms with van der Waals surface area (Å²) in [6.45, 7) is 3.31. The van der Waals surface area contributed by atoms with Gasteiger partial charge in [-0.15, -0.1) is 11.8 Å². The lowest BCUT2D eigenvalue weighted by molar-refractivity contribution is -0.121. The summed E-state index contributed by atoms with van der Waals surface area (Å²) in [5.74, 6) is -1.78. The fourth-order valence-electron chi connectivity index (χ4n) is 3.87. The number of ether oxygens (including phenoxy) is 1. The van der Waals surface area contributed by atoms with Gasteiger partial charge in [-0.1, -0.05) is 24.3 Å². The molecule has 1 unspecified atom stereocenters. The maximum Gasteiger partial charge on any atom is 0.338 e. The number of rotatable bonds is 7. The molecule has 1 fully saturated rings. The van der Waals surface area contributed by atoms with Gasteiger partial charge in [0.2, 0.25) is 11.8 Å². The number of hydrogen-bond acceptors (Lipinski definition) is 7. The summed E-state index contributed by atoms with van der Waals surface area (Å²) in [4.78, 5) is 52.1. The second-order valence-corrected chi connectivity index (χ2v) is 9.66. The average Bonchev–Trinajstić information content (AvgIpc) is 3.12. The highest BCUT2D eigenvalue weighted by atomic mass is 32.2. The highest BCUT2D eigenvalue weighted by Gasteiger charge is 2.40. The number of thioether (sulfide) groups is 1. The minimum absolute atomic E-state index is 0.0670. The number of nitrogens with two attached hydrogens (primary N) is 1. The summed E-state index contributed by atoms with van der Waals surface area (Å²) in [6.07, 6.45) is 0.0670.